The zero-order valence-electron chi connectivity index (χ0n) is 12.3. The summed E-state index contributed by atoms with van der Waals surface area (Å²) in [5.74, 6) is 0.641. The Labute approximate surface area is 120 Å². The van der Waals surface area contributed by atoms with Gasteiger partial charge in [-0.05, 0) is 38.0 Å². The summed E-state index contributed by atoms with van der Waals surface area (Å²) in [4.78, 5) is 25.5. The highest BCUT2D eigenvalue weighted by Crippen LogP contribution is 2.51. The average Bonchev–Trinajstić information content (AvgIpc) is 3.32. The van der Waals surface area contributed by atoms with Gasteiger partial charge in [0.2, 0.25) is 5.91 Å². The number of amides is 1. The van der Waals surface area contributed by atoms with Crippen molar-refractivity contribution >= 4 is 11.9 Å². The van der Waals surface area contributed by atoms with Crippen LogP contribution in [0.1, 0.15) is 58.3 Å². The minimum Gasteiger partial charge on any atom is -0.480 e. The summed E-state index contributed by atoms with van der Waals surface area (Å²) in [5, 5.41) is 9.20. The molecule has 3 atom stereocenters. The van der Waals surface area contributed by atoms with Crippen LogP contribution in [0.25, 0.3) is 0 Å². The molecule has 0 heterocycles. The largest absolute Gasteiger partial charge is 0.480 e. The number of carboxylic acid groups (broad SMARTS) is 1. The summed E-state index contributed by atoms with van der Waals surface area (Å²) in [6.45, 7) is 1.65. The predicted octanol–water partition coefficient (Wildman–Crippen LogP) is 2.67. The van der Waals surface area contributed by atoms with Gasteiger partial charge in [0.05, 0.1) is 0 Å². The molecule has 4 nitrogen and oxygen atoms in total. The smallest absolute Gasteiger partial charge is 0.326 e. The van der Waals surface area contributed by atoms with E-state index in [1.807, 2.05) is 0 Å². The number of aliphatic carboxylic acids is 1. The average molecular weight is 279 g/mol. The molecule has 0 bridgehead atoms. The fourth-order valence-electron chi connectivity index (χ4n) is 3.93. The minimum absolute atomic E-state index is 0.123. The monoisotopic (exact) mass is 279 g/mol. The number of nitrogens with zero attached hydrogens (tertiary/aromatic N) is 1. The number of hydrogen-bond donors (Lipinski definition) is 1. The van der Waals surface area contributed by atoms with Crippen molar-refractivity contribution in [2.75, 3.05) is 0 Å². The molecule has 3 aliphatic carbocycles. The summed E-state index contributed by atoms with van der Waals surface area (Å²) in [6, 6.07) is -0.469. The van der Waals surface area contributed by atoms with Crippen molar-refractivity contribution in [3.05, 3.63) is 0 Å². The summed E-state index contributed by atoms with van der Waals surface area (Å²) in [5.41, 5.74) is 0. The summed E-state index contributed by atoms with van der Waals surface area (Å²) >= 11 is 0. The van der Waals surface area contributed by atoms with Crippen LogP contribution in [0.5, 0.6) is 0 Å². The fourth-order valence-corrected chi connectivity index (χ4v) is 3.93. The molecule has 0 radical (unpaired) electrons. The highest BCUT2D eigenvalue weighted by molar-refractivity contribution is 5.87. The van der Waals surface area contributed by atoms with Gasteiger partial charge in [-0.2, -0.15) is 0 Å². The first-order valence-electron chi connectivity index (χ1n) is 8.14. The normalized spacial score (nSPS) is 31.6. The lowest BCUT2D eigenvalue weighted by molar-refractivity contribution is -0.150. The van der Waals surface area contributed by atoms with Crippen LogP contribution in [0.4, 0.5) is 0 Å². The molecule has 0 aromatic heterocycles. The predicted molar refractivity (Wildman–Crippen MR) is 75.1 cm³/mol. The third-order valence-corrected chi connectivity index (χ3v) is 5.38. The summed E-state index contributed by atoms with van der Waals surface area (Å²) < 4.78 is 0. The van der Waals surface area contributed by atoms with Gasteiger partial charge >= 0.3 is 5.97 Å². The molecule has 112 valence electrons. The fraction of sp³-hybridized carbons (Fsp3) is 0.875. The van der Waals surface area contributed by atoms with Crippen LogP contribution in [-0.2, 0) is 9.59 Å². The zero-order valence-corrected chi connectivity index (χ0v) is 12.3. The van der Waals surface area contributed by atoms with Crippen molar-refractivity contribution in [3.8, 4) is 0 Å². The Morgan fingerprint density at radius 2 is 1.75 bits per heavy atom. The van der Waals surface area contributed by atoms with Crippen LogP contribution >= 0.6 is 0 Å². The van der Waals surface area contributed by atoms with Crippen LogP contribution in [0.3, 0.4) is 0 Å². The van der Waals surface area contributed by atoms with E-state index in [2.05, 4.69) is 0 Å². The molecule has 0 aromatic rings. The number of carbonyl (C=O) groups is 2. The van der Waals surface area contributed by atoms with E-state index in [0.717, 1.165) is 25.2 Å². The molecular formula is C16H25NO3. The van der Waals surface area contributed by atoms with E-state index in [4.69, 9.17) is 0 Å². The Hall–Kier alpha value is -1.06. The lowest BCUT2D eigenvalue weighted by Gasteiger charge is -2.28. The molecule has 3 unspecified atom stereocenters. The molecule has 1 amide bonds. The number of carbonyl (C=O) groups excluding carboxylic acids is 1. The van der Waals surface area contributed by atoms with E-state index >= 15 is 0 Å². The summed E-state index contributed by atoms with van der Waals surface area (Å²) in [6.07, 6.45) is 9.44. The summed E-state index contributed by atoms with van der Waals surface area (Å²) in [7, 11) is 0. The second-order valence-electron chi connectivity index (χ2n) is 6.90. The lowest BCUT2D eigenvalue weighted by atomic mass is 9.85. The van der Waals surface area contributed by atoms with Crippen molar-refractivity contribution in [1.29, 1.82) is 0 Å². The van der Waals surface area contributed by atoms with Gasteiger partial charge in [0.1, 0.15) is 6.04 Å². The van der Waals surface area contributed by atoms with Crippen molar-refractivity contribution in [1.82, 2.24) is 4.90 Å². The quantitative estimate of drug-likeness (QED) is 0.841. The Morgan fingerprint density at radius 3 is 2.30 bits per heavy atom. The molecule has 0 saturated heterocycles. The van der Waals surface area contributed by atoms with Crippen LogP contribution in [-0.4, -0.2) is 34.0 Å². The molecular weight excluding hydrogens is 254 g/mol. The van der Waals surface area contributed by atoms with Crippen molar-refractivity contribution in [3.63, 3.8) is 0 Å². The van der Waals surface area contributed by atoms with Crippen LogP contribution in [0.15, 0.2) is 0 Å². The Bertz CT molecular complexity index is 399. The Balaban J connectivity index is 1.61. The molecule has 0 aromatic carbocycles. The van der Waals surface area contributed by atoms with E-state index in [1.54, 1.807) is 11.8 Å². The van der Waals surface area contributed by atoms with Crippen LogP contribution in [0, 0.1) is 17.8 Å². The molecule has 3 rings (SSSR count). The topological polar surface area (TPSA) is 57.6 Å². The third-order valence-electron chi connectivity index (χ3n) is 5.38. The molecule has 3 aliphatic rings. The maximum Gasteiger partial charge on any atom is 0.326 e. The van der Waals surface area contributed by atoms with Gasteiger partial charge in [0, 0.05) is 12.0 Å². The highest BCUT2D eigenvalue weighted by Gasteiger charge is 2.52. The van der Waals surface area contributed by atoms with E-state index in [1.165, 1.54) is 32.1 Å². The molecule has 4 heteroatoms. The zero-order chi connectivity index (χ0) is 14.3. The lowest BCUT2D eigenvalue weighted by Crippen LogP contribution is -2.45. The molecule has 1 N–H and O–H groups in total. The highest BCUT2D eigenvalue weighted by atomic mass is 16.4. The van der Waals surface area contributed by atoms with Crippen molar-refractivity contribution in [2.45, 2.75) is 70.4 Å². The molecule has 3 saturated carbocycles. The number of rotatable bonds is 5. The van der Waals surface area contributed by atoms with Crippen LogP contribution in [0.2, 0.25) is 0 Å². The Kier molecular flexibility index (Phi) is 3.74. The van der Waals surface area contributed by atoms with E-state index in [9.17, 15) is 14.7 Å². The van der Waals surface area contributed by atoms with Gasteiger partial charge in [-0.15, -0.1) is 0 Å². The SMILES string of the molecule is CC(C(=O)O)N(C(=O)C1CC1C1CCCCC1)C1CC1. The van der Waals surface area contributed by atoms with Gasteiger partial charge in [-0.25, -0.2) is 4.79 Å². The van der Waals surface area contributed by atoms with Gasteiger partial charge in [-0.1, -0.05) is 32.1 Å². The molecule has 20 heavy (non-hydrogen) atoms. The van der Waals surface area contributed by atoms with Gasteiger partial charge < -0.3 is 10.0 Å². The van der Waals surface area contributed by atoms with Gasteiger partial charge in [0.15, 0.2) is 0 Å². The van der Waals surface area contributed by atoms with Crippen molar-refractivity contribution in [2.24, 2.45) is 17.8 Å². The van der Waals surface area contributed by atoms with Gasteiger partial charge in [0.25, 0.3) is 0 Å². The second-order valence-corrected chi connectivity index (χ2v) is 6.90. The van der Waals surface area contributed by atoms with E-state index in [-0.39, 0.29) is 17.9 Å². The maximum absolute atomic E-state index is 12.6. The standard InChI is InChI=1S/C16H25NO3/c1-10(16(19)20)17(12-7-8-12)15(18)14-9-13(14)11-5-3-2-4-6-11/h10-14H,2-9H2,1H3,(H,19,20). The second kappa shape index (κ2) is 5.38. The molecule has 3 fully saturated rings. The molecule has 0 aliphatic heterocycles. The number of carboxylic acids is 1. The van der Waals surface area contributed by atoms with E-state index in [0.29, 0.717) is 5.92 Å². The number of hydrogen-bond acceptors (Lipinski definition) is 2. The van der Waals surface area contributed by atoms with E-state index < -0.39 is 12.0 Å². The van der Waals surface area contributed by atoms with Crippen LogP contribution < -0.4 is 0 Å². The first-order chi connectivity index (χ1) is 9.59. The first-order valence-corrected chi connectivity index (χ1v) is 8.14. The minimum atomic E-state index is -0.875. The van der Waals surface area contributed by atoms with Crippen molar-refractivity contribution < 1.29 is 14.7 Å². The Morgan fingerprint density at radius 1 is 1.10 bits per heavy atom. The first kappa shape index (κ1) is 13.9. The molecule has 0 spiro atoms. The maximum atomic E-state index is 12.6. The van der Waals surface area contributed by atoms with Gasteiger partial charge in [-0.3, -0.25) is 4.79 Å². The third kappa shape index (κ3) is 2.70.